The van der Waals surface area contributed by atoms with E-state index in [2.05, 4.69) is 10.2 Å². The van der Waals surface area contributed by atoms with Crippen molar-refractivity contribution in [3.8, 4) is 0 Å². The summed E-state index contributed by atoms with van der Waals surface area (Å²) >= 11 is -1.82. The Bertz CT molecular complexity index is 879. The van der Waals surface area contributed by atoms with Gasteiger partial charge in [0.2, 0.25) is 0 Å². The molecule has 4 aliphatic heterocycles. The first-order chi connectivity index (χ1) is 16.4. The quantitative estimate of drug-likeness (QED) is 0.637. The third kappa shape index (κ3) is 5.26. The lowest BCUT2D eigenvalue weighted by Crippen LogP contribution is -2.55. The number of rotatable bonds is 4. The summed E-state index contributed by atoms with van der Waals surface area (Å²) in [6.07, 6.45) is 7.08. The predicted octanol–water partition coefficient (Wildman–Crippen LogP) is 4.01. The average molecular weight is 495 g/mol. The van der Waals surface area contributed by atoms with Crippen molar-refractivity contribution >= 4 is 22.9 Å². The van der Waals surface area contributed by atoms with E-state index in [1.807, 2.05) is 24.8 Å². The van der Waals surface area contributed by atoms with Gasteiger partial charge in [-0.25, -0.2) is 9.18 Å². The number of benzene rings is 1. The molecule has 3 atom stereocenters. The van der Waals surface area contributed by atoms with Crippen LogP contribution in [-0.2, 0) is 21.2 Å². The molecule has 0 radical (unpaired) electrons. The number of amides is 1. The number of nitrogens with zero attached hydrogens (tertiary/aromatic N) is 2. The molecule has 3 unspecified atom stereocenters. The van der Waals surface area contributed by atoms with Crippen molar-refractivity contribution in [1.29, 1.82) is 0 Å². The number of carbonyl (C=O) groups excluding carboxylic acids is 1. The number of ether oxygens (including phenoxy) is 1. The molecule has 2 bridgehead atoms. The van der Waals surface area contributed by atoms with Crippen molar-refractivity contribution in [3.63, 3.8) is 0 Å². The van der Waals surface area contributed by atoms with Crippen LogP contribution in [0.2, 0.25) is 0 Å². The zero-order valence-corrected chi connectivity index (χ0v) is 21.1. The molecule has 1 aromatic carbocycles. The summed E-state index contributed by atoms with van der Waals surface area (Å²) in [5.74, 6) is 0.159. The second-order valence-electron chi connectivity index (χ2n) is 9.98. The number of fused-ring (bicyclic) bond motifs is 4. The van der Waals surface area contributed by atoms with Crippen molar-refractivity contribution < 1.29 is 22.7 Å². The molecule has 3 fully saturated rings. The van der Waals surface area contributed by atoms with E-state index < -0.39 is 11.1 Å². The monoisotopic (exact) mass is 494 g/mol. The highest BCUT2D eigenvalue weighted by molar-refractivity contribution is 7.79. The molecule has 4 heterocycles. The molecule has 34 heavy (non-hydrogen) atoms. The van der Waals surface area contributed by atoms with Gasteiger partial charge in [-0.3, -0.25) is 4.21 Å². The highest BCUT2D eigenvalue weighted by atomic mass is 32.2. The Morgan fingerprint density at radius 3 is 2.44 bits per heavy atom. The lowest BCUT2D eigenvalue weighted by molar-refractivity contribution is 0.0285. The summed E-state index contributed by atoms with van der Waals surface area (Å²) in [7, 11) is 0. The molecule has 5 rings (SSSR count). The van der Waals surface area contributed by atoms with E-state index in [1.165, 1.54) is 5.56 Å². The molecule has 7 nitrogen and oxygen atoms in total. The van der Waals surface area contributed by atoms with Crippen LogP contribution < -0.4 is 5.32 Å². The summed E-state index contributed by atoms with van der Waals surface area (Å²) in [6, 6.07) is 6.40. The van der Waals surface area contributed by atoms with Gasteiger partial charge in [0, 0.05) is 41.5 Å². The fourth-order valence-corrected chi connectivity index (χ4v) is 6.67. The van der Waals surface area contributed by atoms with Crippen LogP contribution in [0.15, 0.2) is 18.2 Å². The Balaban J connectivity index is 0.000000408. The predicted molar refractivity (Wildman–Crippen MR) is 130 cm³/mol. The van der Waals surface area contributed by atoms with Crippen molar-refractivity contribution in [2.45, 2.75) is 82.3 Å². The van der Waals surface area contributed by atoms with Crippen LogP contribution in [-0.4, -0.2) is 74.8 Å². The minimum atomic E-state index is -1.82. The first kappa shape index (κ1) is 25.4. The van der Waals surface area contributed by atoms with Crippen LogP contribution in [0.5, 0.6) is 0 Å². The summed E-state index contributed by atoms with van der Waals surface area (Å²) < 4.78 is 38.3. The van der Waals surface area contributed by atoms with E-state index in [0.29, 0.717) is 30.5 Å². The van der Waals surface area contributed by atoms with Crippen molar-refractivity contribution in [2.24, 2.45) is 0 Å². The van der Waals surface area contributed by atoms with Gasteiger partial charge < -0.3 is 24.4 Å². The standard InChI is InChI=1S/C22H30FN3O2.C3H8O2S/c1-2-28-21(27)26-16-4-5-17(26)13-18(12-16)25-9-7-22(8-10-25)14-24-20-6-3-15(23)11-19(20)22;1-2-3-6(4)5/h3,6,11,16-18,24H,2,4-5,7-10,12-14H2,1H3;2-3H2,1H3,(H,4,5)/p-1. The maximum absolute atomic E-state index is 13.8. The SMILES string of the molecule is CCCS(=O)[O-].CCOC(=O)N1C2CCC1CC(N1CCC3(CC1)CNc1ccc(F)cc13)C2. The molecule has 1 spiro atoms. The minimum Gasteiger partial charge on any atom is -0.772 e. The first-order valence-corrected chi connectivity index (χ1v) is 13.9. The van der Waals surface area contributed by atoms with Gasteiger partial charge in [-0.15, -0.1) is 0 Å². The van der Waals surface area contributed by atoms with E-state index in [1.54, 1.807) is 12.1 Å². The molecule has 3 saturated heterocycles. The Morgan fingerprint density at radius 1 is 1.21 bits per heavy atom. The van der Waals surface area contributed by atoms with E-state index in [9.17, 15) is 17.9 Å². The van der Waals surface area contributed by atoms with Gasteiger partial charge in [0.15, 0.2) is 0 Å². The van der Waals surface area contributed by atoms with Crippen molar-refractivity contribution in [2.75, 3.05) is 37.3 Å². The molecule has 1 aromatic rings. The number of hydrogen-bond donors (Lipinski definition) is 1. The van der Waals surface area contributed by atoms with Gasteiger partial charge in [-0.2, -0.15) is 0 Å². The number of piperidine rings is 2. The van der Waals surface area contributed by atoms with Gasteiger partial charge >= 0.3 is 6.09 Å². The molecule has 0 aromatic heterocycles. The summed E-state index contributed by atoms with van der Waals surface area (Å²) in [6.45, 7) is 7.19. The zero-order valence-electron chi connectivity index (χ0n) is 20.3. The molecule has 190 valence electrons. The van der Waals surface area contributed by atoms with E-state index in [-0.39, 0.29) is 17.3 Å². The molecule has 9 heteroatoms. The molecular formula is C25H37FN3O4S-. The lowest BCUT2D eigenvalue weighted by atomic mass is 9.73. The molecule has 0 aliphatic carbocycles. The maximum atomic E-state index is 13.8. The van der Waals surface area contributed by atoms with Crippen LogP contribution in [0.1, 0.15) is 64.4 Å². The van der Waals surface area contributed by atoms with E-state index in [4.69, 9.17) is 4.74 Å². The number of carbonyl (C=O) groups is 1. The summed E-state index contributed by atoms with van der Waals surface area (Å²) in [4.78, 5) is 17.0. The van der Waals surface area contributed by atoms with Gasteiger partial charge in [0.1, 0.15) is 5.82 Å². The molecule has 4 aliphatic rings. The van der Waals surface area contributed by atoms with Crippen LogP contribution in [0.4, 0.5) is 14.9 Å². The zero-order chi connectivity index (χ0) is 24.3. The second-order valence-corrected chi connectivity index (χ2v) is 11.0. The highest BCUT2D eigenvalue weighted by Gasteiger charge is 2.48. The Labute approximate surface area is 204 Å². The van der Waals surface area contributed by atoms with Crippen LogP contribution in [0, 0.1) is 5.82 Å². The van der Waals surface area contributed by atoms with Gasteiger partial charge in [0.05, 0.1) is 6.61 Å². The molecule has 1 N–H and O–H groups in total. The summed E-state index contributed by atoms with van der Waals surface area (Å²) in [5, 5.41) is 3.49. The minimum absolute atomic E-state index is 0.0819. The fourth-order valence-electron chi connectivity index (χ4n) is 6.34. The van der Waals surface area contributed by atoms with Gasteiger partial charge in [-0.1, -0.05) is 18.0 Å². The number of likely N-dealkylation sites (tertiary alicyclic amines) is 1. The van der Waals surface area contributed by atoms with Crippen LogP contribution in [0.3, 0.4) is 0 Å². The highest BCUT2D eigenvalue weighted by Crippen LogP contribution is 2.46. The Kier molecular flexibility index (Phi) is 8.15. The largest absolute Gasteiger partial charge is 0.772 e. The first-order valence-electron chi connectivity index (χ1n) is 12.7. The van der Waals surface area contributed by atoms with E-state index >= 15 is 0 Å². The Morgan fingerprint density at radius 2 is 1.88 bits per heavy atom. The fraction of sp³-hybridized carbons (Fsp3) is 0.720. The lowest BCUT2D eigenvalue weighted by Gasteiger charge is -2.47. The average Bonchev–Trinajstić information content (AvgIpc) is 3.28. The van der Waals surface area contributed by atoms with Crippen molar-refractivity contribution in [3.05, 3.63) is 29.6 Å². The third-order valence-corrected chi connectivity index (χ3v) is 8.74. The van der Waals surface area contributed by atoms with Gasteiger partial charge in [-0.05, 0) is 88.7 Å². The second kappa shape index (κ2) is 10.9. The molecule has 0 saturated carbocycles. The van der Waals surface area contributed by atoms with Crippen LogP contribution in [0.25, 0.3) is 0 Å². The third-order valence-electron chi connectivity index (χ3n) is 8.00. The molecular weight excluding hydrogens is 457 g/mol. The normalized spacial score (nSPS) is 28.0. The van der Waals surface area contributed by atoms with E-state index in [0.717, 1.165) is 70.3 Å². The smallest absolute Gasteiger partial charge is 0.410 e. The number of hydrogen-bond acceptors (Lipinski definition) is 6. The number of halogens is 1. The Hall–Kier alpha value is -1.71. The topological polar surface area (TPSA) is 84.9 Å². The summed E-state index contributed by atoms with van der Waals surface area (Å²) in [5.41, 5.74) is 2.36. The number of nitrogens with one attached hydrogen (secondary N) is 1. The number of anilines is 1. The molecule has 1 amide bonds. The van der Waals surface area contributed by atoms with Crippen molar-refractivity contribution in [1.82, 2.24) is 9.80 Å². The van der Waals surface area contributed by atoms with Crippen LogP contribution >= 0.6 is 0 Å². The van der Waals surface area contributed by atoms with Gasteiger partial charge in [0.25, 0.3) is 0 Å². The maximum Gasteiger partial charge on any atom is 0.410 e.